The van der Waals surface area contributed by atoms with Gasteiger partial charge >= 0.3 is 24.2 Å². The molecule has 1 rings (SSSR count). The fourth-order valence-electron chi connectivity index (χ4n) is 3.17. The number of aromatic nitrogens is 1. The van der Waals surface area contributed by atoms with Gasteiger partial charge in [0.25, 0.3) is 0 Å². The van der Waals surface area contributed by atoms with Gasteiger partial charge in [-0.15, -0.1) is 0 Å². The van der Waals surface area contributed by atoms with E-state index >= 15 is 0 Å². The van der Waals surface area contributed by atoms with Crippen LogP contribution >= 0.6 is 0 Å². The Morgan fingerprint density at radius 2 is 1.32 bits per heavy atom. The second kappa shape index (κ2) is 12.9. The smallest absolute Gasteiger partial charge is 0.420 e. The molecule has 3 amide bonds. The number of amides is 3. The van der Waals surface area contributed by atoms with Crippen LogP contribution in [-0.2, 0) is 23.7 Å². The van der Waals surface area contributed by atoms with Crippen LogP contribution in [0.4, 0.5) is 20.2 Å². The number of carbonyl (C=O) groups is 4. The second-order valence-corrected chi connectivity index (χ2v) is 11.8. The molecule has 1 atom stereocenters. The third-order valence-electron chi connectivity index (χ3n) is 4.62. The molecule has 38 heavy (non-hydrogen) atoms. The normalized spacial score (nSPS) is 12.7. The zero-order chi connectivity index (χ0) is 29.5. The van der Waals surface area contributed by atoms with E-state index in [1.54, 1.807) is 80.6 Å². The number of methoxy groups -OCH3 is 1. The quantitative estimate of drug-likeness (QED) is 0.321. The van der Waals surface area contributed by atoms with Gasteiger partial charge in [-0.05, 0) is 99.8 Å². The maximum absolute atomic E-state index is 13.1. The molecule has 0 aliphatic heterocycles. The molecule has 1 aromatic heterocycles. The summed E-state index contributed by atoms with van der Waals surface area (Å²) in [6.45, 7) is 17.0. The molecule has 11 nitrogen and oxygen atoms in total. The fourth-order valence-corrected chi connectivity index (χ4v) is 3.17. The highest BCUT2D eigenvalue weighted by Gasteiger charge is 2.41. The van der Waals surface area contributed by atoms with E-state index < -0.39 is 47.1 Å². The van der Waals surface area contributed by atoms with Gasteiger partial charge in [-0.1, -0.05) is 0 Å². The van der Waals surface area contributed by atoms with Crippen molar-refractivity contribution in [3.63, 3.8) is 0 Å². The first kappa shape index (κ1) is 32.7. The average Bonchev–Trinajstić information content (AvgIpc) is 2.71. The van der Waals surface area contributed by atoms with E-state index in [2.05, 4.69) is 4.98 Å². The molecule has 0 spiro atoms. The number of anilines is 1. The molecule has 0 saturated heterocycles. The first-order valence-electron chi connectivity index (χ1n) is 12.5. The van der Waals surface area contributed by atoms with Crippen LogP contribution in [0.2, 0.25) is 0 Å². The van der Waals surface area contributed by atoms with Crippen molar-refractivity contribution in [1.29, 1.82) is 0 Å². The molecule has 0 fully saturated rings. The third kappa shape index (κ3) is 11.4. The fraction of sp³-hybridized carbons (Fsp3) is 0.667. The van der Waals surface area contributed by atoms with Crippen LogP contribution < -0.4 is 4.90 Å². The van der Waals surface area contributed by atoms with Gasteiger partial charge in [-0.25, -0.2) is 24.2 Å². The molecule has 0 aliphatic rings. The van der Waals surface area contributed by atoms with Crippen molar-refractivity contribution in [1.82, 2.24) is 9.88 Å². The largest absolute Gasteiger partial charge is 0.467 e. The topological polar surface area (TPSA) is 125 Å². The van der Waals surface area contributed by atoms with Crippen molar-refractivity contribution in [3.8, 4) is 0 Å². The number of ether oxygens (including phenoxy) is 4. The Labute approximate surface area is 225 Å². The number of hydrogen-bond donors (Lipinski definition) is 0. The van der Waals surface area contributed by atoms with E-state index in [0.717, 1.165) is 12.7 Å². The van der Waals surface area contributed by atoms with Gasteiger partial charge in [-0.2, -0.15) is 4.90 Å². The number of esters is 1. The van der Waals surface area contributed by atoms with Crippen molar-refractivity contribution >= 4 is 30.1 Å². The Kier molecular flexibility index (Phi) is 11.1. The summed E-state index contributed by atoms with van der Waals surface area (Å²) in [6, 6.07) is 2.16. The summed E-state index contributed by atoms with van der Waals surface area (Å²) in [5, 5.41) is 0. The van der Waals surface area contributed by atoms with E-state index in [0.29, 0.717) is 10.7 Å². The summed E-state index contributed by atoms with van der Waals surface area (Å²) in [6.07, 6.45) is -1.02. The molecule has 0 saturated carbocycles. The van der Waals surface area contributed by atoms with E-state index in [1.165, 1.54) is 4.90 Å². The van der Waals surface area contributed by atoms with Crippen LogP contribution in [0.1, 0.15) is 80.7 Å². The van der Waals surface area contributed by atoms with Crippen molar-refractivity contribution in [2.45, 2.75) is 105 Å². The van der Waals surface area contributed by atoms with Crippen LogP contribution in [-0.4, -0.2) is 70.6 Å². The molecule has 0 N–H and O–H groups in total. The van der Waals surface area contributed by atoms with Gasteiger partial charge < -0.3 is 18.9 Å². The van der Waals surface area contributed by atoms with E-state index in [4.69, 9.17) is 18.9 Å². The second-order valence-electron chi connectivity index (χ2n) is 11.8. The molecule has 1 heterocycles. The highest BCUT2D eigenvalue weighted by Crippen LogP contribution is 2.22. The molecular formula is C27H43N3O8. The Morgan fingerprint density at radius 3 is 1.74 bits per heavy atom. The lowest BCUT2D eigenvalue weighted by molar-refractivity contribution is -0.147. The monoisotopic (exact) mass is 537 g/mol. The maximum Gasteiger partial charge on any atom is 0.420 e. The Morgan fingerprint density at radius 1 is 0.842 bits per heavy atom. The Balaban J connectivity index is 3.30. The summed E-state index contributed by atoms with van der Waals surface area (Å²) in [5.74, 6) is -0.468. The lowest BCUT2D eigenvalue weighted by Gasteiger charge is -2.32. The van der Waals surface area contributed by atoms with Crippen LogP contribution in [0.25, 0.3) is 0 Å². The minimum absolute atomic E-state index is 0.0454. The number of aryl methyl sites for hydroxylation is 1. The van der Waals surface area contributed by atoms with Crippen molar-refractivity contribution in [2.75, 3.05) is 18.6 Å². The van der Waals surface area contributed by atoms with E-state index in [1.807, 2.05) is 6.92 Å². The van der Waals surface area contributed by atoms with Gasteiger partial charge in [-0.3, -0.25) is 4.90 Å². The third-order valence-corrected chi connectivity index (χ3v) is 4.62. The van der Waals surface area contributed by atoms with Crippen molar-refractivity contribution < 1.29 is 38.1 Å². The SMILES string of the molecule is COC(=O)[C@H](CCCN(C(=O)OC(C)(C)C)c1cc(C)ccn1)N(C(=O)OC(C)(C)C)C(=O)OC(C)(C)C. The van der Waals surface area contributed by atoms with Gasteiger partial charge in [0, 0.05) is 12.7 Å². The van der Waals surface area contributed by atoms with Gasteiger partial charge in [0.15, 0.2) is 0 Å². The Bertz CT molecular complexity index is 961. The predicted molar refractivity (Wildman–Crippen MR) is 142 cm³/mol. The zero-order valence-electron chi connectivity index (χ0n) is 24.5. The summed E-state index contributed by atoms with van der Waals surface area (Å²) < 4.78 is 21.3. The molecule has 0 radical (unpaired) electrons. The van der Waals surface area contributed by atoms with Crippen LogP contribution in [0.15, 0.2) is 18.3 Å². The first-order valence-corrected chi connectivity index (χ1v) is 12.5. The molecule has 0 aromatic carbocycles. The first-order chi connectivity index (χ1) is 17.2. The number of imide groups is 1. The van der Waals surface area contributed by atoms with Gasteiger partial charge in [0.1, 0.15) is 28.7 Å². The van der Waals surface area contributed by atoms with Crippen LogP contribution in [0.5, 0.6) is 0 Å². The summed E-state index contributed by atoms with van der Waals surface area (Å²) in [4.78, 5) is 58.2. The molecular weight excluding hydrogens is 494 g/mol. The Hall–Kier alpha value is -3.37. The van der Waals surface area contributed by atoms with E-state index in [9.17, 15) is 19.2 Å². The summed E-state index contributed by atoms with van der Waals surface area (Å²) in [7, 11) is 1.15. The van der Waals surface area contributed by atoms with Crippen molar-refractivity contribution in [2.24, 2.45) is 0 Å². The zero-order valence-corrected chi connectivity index (χ0v) is 24.5. The maximum atomic E-state index is 13.1. The van der Waals surface area contributed by atoms with Gasteiger partial charge in [0.05, 0.1) is 7.11 Å². The number of rotatable bonds is 7. The minimum Gasteiger partial charge on any atom is -0.467 e. The number of nitrogens with zero attached hydrogens (tertiary/aromatic N) is 3. The highest BCUT2D eigenvalue weighted by atomic mass is 16.6. The highest BCUT2D eigenvalue weighted by molar-refractivity contribution is 5.94. The predicted octanol–water partition coefficient (Wildman–Crippen LogP) is 5.63. The number of pyridine rings is 1. The lowest BCUT2D eigenvalue weighted by Crippen LogP contribution is -2.52. The summed E-state index contributed by atoms with van der Waals surface area (Å²) >= 11 is 0. The van der Waals surface area contributed by atoms with Gasteiger partial charge in [0.2, 0.25) is 0 Å². The molecule has 1 aromatic rings. The molecule has 0 bridgehead atoms. The molecule has 0 aliphatic carbocycles. The van der Waals surface area contributed by atoms with Crippen molar-refractivity contribution in [3.05, 3.63) is 23.9 Å². The average molecular weight is 538 g/mol. The number of hydrogen-bond acceptors (Lipinski definition) is 9. The lowest BCUT2D eigenvalue weighted by atomic mass is 10.1. The molecule has 0 unspecified atom stereocenters. The van der Waals surface area contributed by atoms with Crippen LogP contribution in [0.3, 0.4) is 0 Å². The minimum atomic E-state index is -1.37. The summed E-state index contributed by atoms with van der Waals surface area (Å²) in [5.41, 5.74) is -1.75. The van der Waals surface area contributed by atoms with E-state index in [-0.39, 0.29) is 19.4 Å². The van der Waals surface area contributed by atoms with Crippen LogP contribution in [0, 0.1) is 6.92 Å². The molecule has 11 heteroatoms. The number of carbonyl (C=O) groups excluding carboxylic acids is 4. The standard InChI is InChI=1S/C27H43N3O8/c1-18-14-15-28-20(17-18)29(22(32)36-25(2,3)4)16-12-13-19(21(31)35-11)30(23(33)37-26(5,6)7)24(34)38-27(8,9)10/h14-15,17,19H,12-13,16H2,1-11H3/t19-/m0/s1. The molecule has 214 valence electrons.